The highest BCUT2D eigenvalue weighted by Crippen LogP contribution is 2.24. The van der Waals surface area contributed by atoms with E-state index in [9.17, 15) is 41.9 Å². The average Bonchev–Trinajstić information content (AvgIpc) is 3.63. The molecule has 1 aliphatic rings. The molecule has 16 heteroatoms. The van der Waals surface area contributed by atoms with Crippen molar-refractivity contribution in [1.29, 1.82) is 0 Å². The quantitative estimate of drug-likeness (QED) is 0.157. The molecule has 296 valence electrons. The van der Waals surface area contributed by atoms with Gasteiger partial charge in [0.25, 0.3) is 5.78 Å². The number of alkyl halides is 3. The first kappa shape index (κ1) is 43.3. The maximum Gasteiger partial charge on any atom is 0.452 e. The summed E-state index contributed by atoms with van der Waals surface area (Å²) in [5, 5.41) is 10.1. The predicted molar refractivity (Wildman–Crippen MR) is 191 cm³/mol. The smallest absolute Gasteiger partial charge is 0.445 e. The van der Waals surface area contributed by atoms with E-state index < -0.39 is 77.9 Å². The van der Waals surface area contributed by atoms with Crippen molar-refractivity contribution in [2.24, 2.45) is 11.8 Å². The summed E-state index contributed by atoms with van der Waals surface area (Å²) in [4.78, 5) is 79.0. The Labute approximate surface area is 313 Å². The predicted octanol–water partition coefficient (Wildman–Crippen LogP) is 4.78. The van der Waals surface area contributed by atoms with Crippen molar-refractivity contribution in [2.45, 2.75) is 103 Å². The van der Waals surface area contributed by atoms with Gasteiger partial charge in [0.2, 0.25) is 17.7 Å². The molecule has 5 amide bonds. The molecular formula is C38H50F3N5O8. The Kier molecular flexibility index (Phi) is 16.8. The third kappa shape index (κ3) is 13.7. The maximum atomic E-state index is 13.9. The normalized spacial score (nSPS) is 15.9. The van der Waals surface area contributed by atoms with Crippen LogP contribution in [0.3, 0.4) is 0 Å². The summed E-state index contributed by atoms with van der Waals surface area (Å²) in [6, 6.07) is 12.7. The van der Waals surface area contributed by atoms with Crippen LogP contribution >= 0.6 is 0 Å². The molecule has 2 aromatic rings. The number of nitrogens with zero attached hydrogens (tertiary/aromatic N) is 1. The second-order valence-electron chi connectivity index (χ2n) is 13.8. The number of carbonyl (C=O) groups excluding carboxylic acids is 6. The summed E-state index contributed by atoms with van der Waals surface area (Å²) >= 11 is 0. The van der Waals surface area contributed by atoms with Crippen LogP contribution in [-0.4, -0.2) is 84.0 Å². The Balaban J connectivity index is 1.65. The lowest BCUT2D eigenvalue weighted by molar-refractivity contribution is -0.175. The topological polar surface area (TPSA) is 172 Å². The molecule has 0 aliphatic carbocycles. The molecule has 0 bridgehead atoms. The Morgan fingerprint density at radius 3 is 1.85 bits per heavy atom. The van der Waals surface area contributed by atoms with Crippen LogP contribution in [0.15, 0.2) is 60.7 Å². The van der Waals surface area contributed by atoms with Gasteiger partial charge in [0.1, 0.15) is 31.3 Å². The van der Waals surface area contributed by atoms with Gasteiger partial charge in [0, 0.05) is 13.1 Å². The molecular weight excluding hydrogens is 711 g/mol. The first-order chi connectivity index (χ1) is 25.6. The molecule has 2 aromatic carbocycles. The van der Waals surface area contributed by atoms with Gasteiger partial charge in [-0.25, -0.2) is 9.59 Å². The molecule has 0 spiro atoms. The molecule has 54 heavy (non-hydrogen) atoms. The number of ketones is 1. The van der Waals surface area contributed by atoms with E-state index in [-0.39, 0.29) is 39.1 Å². The first-order valence-electron chi connectivity index (χ1n) is 18.0. The highest BCUT2D eigenvalue weighted by molar-refractivity contribution is 5.97. The molecule has 1 heterocycles. The van der Waals surface area contributed by atoms with Crippen LogP contribution in [0.1, 0.15) is 70.9 Å². The summed E-state index contributed by atoms with van der Waals surface area (Å²) in [5.74, 6) is -5.70. The standard InChI is InChI=1S/C38H50F3N5O8/c1-24(2)30(32(47)38(39,40)41)44-34(49)29-19-13-21-46(29)35(50)31(25(3)4)45-33(48)28(43-37(52)54-23-27-16-9-6-10-17-27)18-11-12-20-42-36(51)53-22-26-14-7-5-8-15-26/h5-10,14-17,24-25,28-31H,11-13,18-23H2,1-4H3,(H,42,51)(H,43,52)(H,44,49)(H,45,48)/t28-,29-,30-,31-/m0/s1. The number of amides is 5. The third-order valence-corrected chi connectivity index (χ3v) is 8.82. The average molecular weight is 762 g/mol. The van der Waals surface area contributed by atoms with Crippen molar-refractivity contribution in [2.75, 3.05) is 13.1 Å². The molecule has 13 nitrogen and oxygen atoms in total. The van der Waals surface area contributed by atoms with Gasteiger partial charge < -0.3 is 35.6 Å². The third-order valence-electron chi connectivity index (χ3n) is 8.82. The largest absolute Gasteiger partial charge is 0.452 e. The molecule has 0 unspecified atom stereocenters. The zero-order valence-corrected chi connectivity index (χ0v) is 30.9. The summed E-state index contributed by atoms with van der Waals surface area (Å²) in [7, 11) is 0. The van der Waals surface area contributed by atoms with Crippen molar-refractivity contribution in [3.05, 3.63) is 71.8 Å². The molecule has 4 N–H and O–H groups in total. The number of hydrogen-bond acceptors (Lipinski definition) is 8. The summed E-state index contributed by atoms with van der Waals surface area (Å²) in [6.45, 7) is 6.44. The monoisotopic (exact) mass is 761 g/mol. The molecule has 1 aliphatic heterocycles. The van der Waals surface area contributed by atoms with E-state index in [4.69, 9.17) is 9.47 Å². The number of likely N-dealkylation sites (tertiary alicyclic amines) is 1. The zero-order valence-electron chi connectivity index (χ0n) is 30.9. The number of ether oxygens (including phenoxy) is 2. The van der Waals surface area contributed by atoms with Gasteiger partial charge in [-0.15, -0.1) is 0 Å². The first-order valence-corrected chi connectivity index (χ1v) is 18.0. The Bertz CT molecular complexity index is 1560. The van der Waals surface area contributed by atoms with E-state index in [1.807, 2.05) is 36.4 Å². The van der Waals surface area contributed by atoms with Gasteiger partial charge in [0.15, 0.2) is 0 Å². The molecule has 4 atom stereocenters. The van der Waals surface area contributed by atoms with E-state index in [1.165, 1.54) is 18.7 Å². The van der Waals surface area contributed by atoms with E-state index in [1.54, 1.807) is 38.1 Å². The van der Waals surface area contributed by atoms with Gasteiger partial charge in [-0.05, 0) is 55.1 Å². The molecule has 0 radical (unpaired) electrons. The minimum Gasteiger partial charge on any atom is -0.445 e. The number of benzene rings is 2. The van der Waals surface area contributed by atoms with E-state index in [2.05, 4.69) is 21.3 Å². The number of alkyl carbamates (subject to hydrolysis) is 2. The van der Waals surface area contributed by atoms with Crippen LogP contribution < -0.4 is 21.3 Å². The maximum absolute atomic E-state index is 13.9. The van der Waals surface area contributed by atoms with Gasteiger partial charge in [-0.1, -0.05) is 88.4 Å². The lowest BCUT2D eigenvalue weighted by atomic mass is 9.98. The van der Waals surface area contributed by atoms with Crippen LogP contribution in [-0.2, 0) is 41.9 Å². The van der Waals surface area contributed by atoms with Crippen molar-refractivity contribution < 1.29 is 51.4 Å². The number of rotatable bonds is 18. The number of nitrogens with one attached hydrogen (secondary N) is 4. The Morgan fingerprint density at radius 2 is 1.31 bits per heavy atom. The molecule has 3 rings (SSSR count). The fourth-order valence-corrected chi connectivity index (χ4v) is 5.82. The van der Waals surface area contributed by atoms with Crippen LogP contribution in [0.2, 0.25) is 0 Å². The lowest BCUT2D eigenvalue weighted by Gasteiger charge is -2.32. The minimum atomic E-state index is -5.16. The number of Topliss-reactive ketones (excluding diaryl/α,β-unsaturated/α-hetero) is 1. The SMILES string of the molecule is CC(C)[C@H](NC(=O)[C@H](CCCCNC(=O)OCc1ccccc1)NC(=O)OCc1ccccc1)C(=O)N1CCC[C@H]1C(=O)N[C@H](C(=O)C(F)(F)F)C(C)C. The lowest BCUT2D eigenvalue weighted by Crippen LogP contribution is -2.59. The van der Waals surface area contributed by atoms with Crippen LogP contribution in [0, 0.1) is 11.8 Å². The van der Waals surface area contributed by atoms with Gasteiger partial charge in [0.05, 0.1) is 6.04 Å². The summed E-state index contributed by atoms with van der Waals surface area (Å²) in [5.41, 5.74) is 1.54. The number of halogens is 3. The van der Waals surface area contributed by atoms with Crippen molar-refractivity contribution in [3.63, 3.8) is 0 Å². The van der Waals surface area contributed by atoms with Crippen LogP contribution in [0.4, 0.5) is 22.8 Å². The van der Waals surface area contributed by atoms with Gasteiger partial charge in [-0.3, -0.25) is 19.2 Å². The number of hydrogen-bond donors (Lipinski definition) is 4. The zero-order chi connectivity index (χ0) is 39.8. The van der Waals surface area contributed by atoms with Gasteiger partial charge in [-0.2, -0.15) is 13.2 Å². The molecule has 1 fully saturated rings. The highest BCUT2D eigenvalue weighted by Gasteiger charge is 2.47. The van der Waals surface area contributed by atoms with Crippen molar-refractivity contribution in [3.8, 4) is 0 Å². The van der Waals surface area contributed by atoms with E-state index in [0.717, 1.165) is 11.1 Å². The summed E-state index contributed by atoms with van der Waals surface area (Å²) in [6.07, 6.45) is -5.27. The van der Waals surface area contributed by atoms with E-state index in [0.29, 0.717) is 19.3 Å². The highest BCUT2D eigenvalue weighted by atomic mass is 19.4. The van der Waals surface area contributed by atoms with Crippen LogP contribution in [0.25, 0.3) is 0 Å². The fourth-order valence-electron chi connectivity index (χ4n) is 5.82. The Morgan fingerprint density at radius 1 is 0.759 bits per heavy atom. The number of carbonyl (C=O) groups is 6. The minimum absolute atomic E-state index is 0.0617. The van der Waals surface area contributed by atoms with Crippen molar-refractivity contribution >= 4 is 35.7 Å². The van der Waals surface area contributed by atoms with E-state index >= 15 is 0 Å². The summed E-state index contributed by atoms with van der Waals surface area (Å²) < 4.78 is 50.3. The fraction of sp³-hybridized carbons (Fsp3) is 0.526. The van der Waals surface area contributed by atoms with Crippen LogP contribution in [0.5, 0.6) is 0 Å². The second kappa shape index (κ2) is 20.9. The van der Waals surface area contributed by atoms with Gasteiger partial charge >= 0.3 is 18.4 Å². The van der Waals surface area contributed by atoms with Crippen molar-refractivity contribution in [1.82, 2.24) is 26.2 Å². The molecule has 0 aromatic heterocycles. The molecule has 0 saturated carbocycles. The molecule has 1 saturated heterocycles. The Hall–Kier alpha value is -5.15. The second-order valence-corrected chi connectivity index (χ2v) is 13.8. The number of unbranched alkanes of at least 4 members (excludes halogenated alkanes) is 1.